The second kappa shape index (κ2) is 6.86. The minimum Gasteiger partial charge on any atom is -0.299 e. The van der Waals surface area contributed by atoms with Gasteiger partial charge in [-0.1, -0.05) is 33.6 Å². The van der Waals surface area contributed by atoms with Gasteiger partial charge in [0.15, 0.2) is 0 Å². The third-order valence-electron chi connectivity index (χ3n) is 2.57. The van der Waals surface area contributed by atoms with Gasteiger partial charge in [0, 0.05) is 24.0 Å². The molecule has 0 saturated carbocycles. The van der Waals surface area contributed by atoms with Gasteiger partial charge < -0.3 is 0 Å². The highest BCUT2D eigenvalue weighted by molar-refractivity contribution is 9.09. The zero-order valence-corrected chi connectivity index (χ0v) is 10.2. The molecule has 0 aliphatic carbocycles. The summed E-state index contributed by atoms with van der Waals surface area (Å²) in [6.07, 6.45) is 6.07. The summed E-state index contributed by atoms with van der Waals surface area (Å²) in [7, 11) is 0. The number of alkyl halides is 1. The average molecular weight is 267 g/mol. The number of piperidine rings is 1. The summed E-state index contributed by atoms with van der Waals surface area (Å²) in [6, 6.07) is 0. The highest BCUT2D eigenvalue weighted by atomic mass is 79.9. The molecule has 1 saturated heterocycles. The topological polar surface area (TPSA) is 3.24 Å². The van der Waals surface area contributed by atoms with Gasteiger partial charge in [0.25, 0.3) is 0 Å². The normalized spacial score (nSPS) is 25.5. The van der Waals surface area contributed by atoms with E-state index in [-0.39, 0.29) is 0 Å². The van der Waals surface area contributed by atoms with Crippen molar-refractivity contribution in [1.29, 1.82) is 0 Å². The molecule has 1 rings (SSSR count). The Labute approximate surface area is 94.3 Å². The molecule has 0 aromatic rings. The Kier molecular flexibility index (Phi) is 6.09. The molecule has 76 valence electrons. The molecule has 1 atom stereocenters. The Morgan fingerprint density at radius 3 is 3.08 bits per heavy atom. The maximum absolute atomic E-state index is 5.50. The Bertz CT molecular complexity index is 159. The zero-order valence-electron chi connectivity index (χ0n) is 7.88. The van der Waals surface area contributed by atoms with Crippen molar-refractivity contribution in [2.24, 2.45) is 5.92 Å². The molecule has 0 amide bonds. The van der Waals surface area contributed by atoms with Crippen LogP contribution in [0.5, 0.6) is 0 Å². The number of rotatable bonds is 4. The van der Waals surface area contributed by atoms with Gasteiger partial charge in [0.2, 0.25) is 0 Å². The van der Waals surface area contributed by atoms with Gasteiger partial charge in [-0.05, 0) is 31.7 Å². The molecule has 0 N–H and O–H groups in total. The maximum Gasteiger partial charge on any atom is 0.0174 e. The van der Waals surface area contributed by atoms with E-state index in [9.17, 15) is 0 Å². The SMILES string of the molecule is Cl/C=C/CN1CCCC(CCBr)C1. The van der Waals surface area contributed by atoms with E-state index in [0.717, 1.165) is 17.8 Å². The van der Waals surface area contributed by atoms with Crippen molar-refractivity contribution in [2.45, 2.75) is 19.3 Å². The molecule has 1 heterocycles. The highest BCUT2D eigenvalue weighted by Gasteiger charge is 2.17. The van der Waals surface area contributed by atoms with E-state index < -0.39 is 0 Å². The van der Waals surface area contributed by atoms with Gasteiger partial charge in [-0.3, -0.25) is 4.90 Å². The van der Waals surface area contributed by atoms with Gasteiger partial charge in [0.1, 0.15) is 0 Å². The molecular weight excluding hydrogens is 249 g/mol. The smallest absolute Gasteiger partial charge is 0.0174 e. The Morgan fingerprint density at radius 2 is 2.38 bits per heavy atom. The summed E-state index contributed by atoms with van der Waals surface area (Å²) < 4.78 is 0. The third kappa shape index (κ3) is 4.48. The highest BCUT2D eigenvalue weighted by Crippen LogP contribution is 2.19. The fourth-order valence-electron chi connectivity index (χ4n) is 1.90. The predicted molar refractivity (Wildman–Crippen MR) is 62.6 cm³/mol. The first kappa shape index (κ1) is 11.5. The van der Waals surface area contributed by atoms with Gasteiger partial charge in [-0.15, -0.1) is 0 Å². The number of likely N-dealkylation sites (tertiary alicyclic amines) is 1. The van der Waals surface area contributed by atoms with Crippen molar-refractivity contribution < 1.29 is 0 Å². The molecule has 0 aromatic carbocycles. The van der Waals surface area contributed by atoms with Crippen molar-refractivity contribution in [3.63, 3.8) is 0 Å². The lowest BCUT2D eigenvalue weighted by atomic mass is 9.96. The van der Waals surface area contributed by atoms with Crippen LogP contribution in [0, 0.1) is 5.92 Å². The first-order chi connectivity index (χ1) is 6.36. The molecule has 1 aliphatic heterocycles. The van der Waals surface area contributed by atoms with Crippen molar-refractivity contribution in [3.8, 4) is 0 Å². The van der Waals surface area contributed by atoms with Crippen LogP contribution in [0.1, 0.15) is 19.3 Å². The fraction of sp³-hybridized carbons (Fsp3) is 0.800. The summed E-state index contributed by atoms with van der Waals surface area (Å²) in [5.74, 6) is 0.886. The van der Waals surface area contributed by atoms with Crippen LogP contribution >= 0.6 is 27.5 Å². The quantitative estimate of drug-likeness (QED) is 0.706. The lowest BCUT2D eigenvalue weighted by molar-refractivity contribution is 0.189. The molecule has 1 aliphatic rings. The van der Waals surface area contributed by atoms with Crippen LogP contribution in [-0.2, 0) is 0 Å². The van der Waals surface area contributed by atoms with Crippen LogP contribution in [0.3, 0.4) is 0 Å². The summed E-state index contributed by atoms with van der Waals surface area (Å²) in [6.45, 7) is 3.50. The van der Waals surface area contributed by atoms with Gasteiger partial charge in [-0.2, -0.15) is 0 Å². The van der Waals surface area contributed by atoms with Gasteiger partial charge in [0.05, 0.1) is 0 Å². The number of hydrogen-bond acceptors (Lipinski definition) is 1. The van der Waals surface area contributed by atoms with E-state index in [0.29, 0.717) is 0 Å². The zero-order chi connectivity index (χ0) is 9.52. The second-order valence-corrected chi connectivity index (χ2v) is 4.65. The monoisotopic (exact) mass is 265 g/mol. The molecule has 1 fully saturated rings. The summed E-state index contributed by atoms with van der Waals surface area (Å²) in [5.41, 5.74) is 1.62. The lowest BCUT2D eigenvalue weighted by Gasteiger charge is -2.31. The van der Waals surface area contributed by atoms with Gasteiger partial charge in [-0.25, -0.2) is 0 Å². The molecule has 1 unspecified atom stereocenters. The largest absolute Gasteiger partial charge is 0.299 e. The summed E-state index contributed by atoms with van der Waals surface area (Å²) >= 11 is 9.01. The van der Waals surface area contributed by atoms with Gasteiger partial charge >= 0.3 is 0 Å². The number of hydrogen-bond donors (Lipinski definition) is 0. The molecule has 0 spiro atoms. The van der Waals surface area contributed by atoms with Crippen LogP contribution in [0.25, 0.3) is 0 Å². The molecule has 1 nitrogen and oxygen atoms in total. The van der Waals surface area contributed by atoms with E-state index in [4.69, 9.17) is 11.6 Å². The molecule has 3 heteroatoms. The molecular formula is C10H17BrClN. The predicted octanol–water partition coefficient (Wildman–Crippen LogP) is 3.24. The van der Waals surface area contributed by atoms with Crippen molar-refractivity contribution >= 4 is 27.5 Å². The standard InChI is InChI=1S/C10H17BrClN/c11-5-4-10-3-1-7-13(9-10)8-2-6-12/h2,6,10H,1,3-5,7-9H2/b6-2+. The lowest BCUT2D eigenvalue weighted by Crippen LogP contribution is -2.35. The van der Waals surface area contributed by atoms with E-state index in [2.05, 4.69) is 20.8 Å². The third-order valence-corrected chi connectivity index (χ3v) is 3.21. The second-order valence-electron chi connectivity index (χ2n) is 3.61. The molecule has 0 bridgehead atoms. The first-order valence-electron chi connectivity index (χ1n) is 4.90. The van der Waals surface area contributed by atoms with Crippen LogP contribution < -0.4 is 0 Å². The van der Waals surface area contributed by atoms with Crippen LogP contribution in [0.4, 0.5) is 0 Å². The van der Waals surface area contributed by atoms with Crippen LogP contribution in [-0.4, -0.2) is 29.9 Å². The van der Waals surface area contributed by atoms with Crippen LogP contribution in [0.15, 0.2) is 11.6 Å². The summed E-state index contributed by atoms with van der Waals surface area (Å²) in [5, 5.41) is 1.14. The average Bonchev–Trinajstić information content (AvgIpc) is 2.16. The first-order valence-corrected chi connectivity index (χ1v) is 6.46. The Hall–Kier alpha value is 0.470. The summed E-state index contributed by atoms with van der Waals surface area (Å²) in [4.78, 5) is 2.48. The van der Waals surface area contributed by atoms with E-state index in [1.54, 1.807) is 5.54 Å². The van der Waals surface area contributed by atoms with Crippen LogP contribution in [0.2, 0.25) is 0 Å². The van der Waals surface area contributed by atoms with Crippen molar-refractivity contribution in [3.05, 3.63) is 11.6 Å². The molecule has 0 radical (unpaired) electrons. The Balaban J connectivity index is 2.24. The fourth-order valence-corrected chi connectivity index (χ4v) is 2.62. The number of halogens is 2. The van der Waals surface area contributed by atoms with E-state index in [1.807, 2.05) is 6.08 Å². The van der Waals surface area contributed by atoms with E-state index in [1.165, 1.54) is 32.4 Å². The van der Waals surface area contributed by atoms with Crippen molar-refractivity contribution in [2.75, 3.05) is 25.0 Å². The minimum atomic E-state index is 0.886. The van der Waals surface area contributed by atoms with Crippen molar-refractivity contribution in [1.82, 2.24) is 4.90 Å². The molecule has 0 aromatic heterocycles. The maximum atomic E-state index is 5.50. The molecule has 13 heavy (non-hydrogen) atoms. The Morgan fingerprint density at radius 1 is 1.54 bits per heavy atom. The van der Waals surface area contributed by atoms with E-state index >= 15 is 0 Å². The minimum absolute atomic E-state index is 0.886. The number of nitrogens with zero attached hydrogens (tertiary/aromatic N) is 1.